The van der Waals surface area contributed by atoms with E-state index >= 15 is 0 Å². The van der Waals surface area contributed by atoms with Crippen molar-refractivity contribution in [2.75, 3.05) is 0 Å². The van der Waals surface area contributed by atoms with Crippen molar-refractivity contribution in [1.29, 1.82) is 0 Å². The van der Waals surface area contributed by atoms with E-state index in [1.165, 1.54) is 22.3 Å². The number of para-hydroxylation sites is 1. The van der Waals surface area contributed by atoms with E-state index in [2.05, 4.69) is 146 Å². The number of nitrogens with zero attached hydrogens (tertiary/aromatic N) is 3. The maximum atomic E-state index is 6.21. The largest absolute Gasteiger partial charge is 0.456 e. The molecule has 4 nitrogen and oxygen atoms in total. The molecule has 0 fully saturated rings. The average molecular weight is 704 g/mol. The van der Waals surface area contributed by atoms with Crippen molar-refractivity contribution in [1.82, 2.24) is 15.0 Å². The summed E-state index contributed by atoms with van der Waals surface area (Å²) in [5, 5.41) is 2.20. The first-order valence-corrected chi connectivity index (χ1v) is 18.4. The van der Waals surface area contributed by atoms with E-state index in [-0.39, 0.29) is 0 Å². The third-order valence-electron chi connectivity index (χ3n) is 10.2. The lowest BCUT2D eigenvalue weighted by Gasteiger charge is -2.12. The molecule has 0 aliphatic heterocycles. The minimum Gasteiger partial charge on any atom is -0.456 e. The molecule has 2 aromatic heterocycles. The van der Waals surface area contributed by atoms with Gasteiger partial charge < -0.3 is 4.42 Å². The molecule has 10 aromatic rings. The monoisotopic (exact) mass is 703 g/mol. The van der Waals surface area contributed by atoms with Crippen LogP contribution in [0.1, 0.15) is 0 Å². The molecule has 0 aliphatic carbocycles. The minimum atomic E-state index is 0.615. The number of fused-ring (bicyclic) bond motifs is 3. The Balaban J connectivity index is 1.03. The van der Waals surface area contributed by atoms with E-state index in [1.54, 1.807) is 0 Å². The van der Waals surface area contributed by atoms with Crippen LogP contribution in [0.25, 0.3) is 101 Å². The van der Waals surface area contributed by atoms with Crippen molar-refractivity contribution in [3.8, 4) is 78.7 Å². The molecule has 0 saturated carbocycles. The number of rotatable bonds is 7. The highest BCUT2D eigenvalue weighted by Gasteiger charge is 2.16. The summed E-state index contributed by atoms with van der Waals surface area (Å²) < 4.78 is 6.21. The van der Waals surface area contributed by atoms with E-state index in [0.717, 1.165) is 60.9 Å². The first-order valence-electron chi connectivity index (χ1n) is 18.4. The highest BCUT2D eigenvalue weighted by molar-refractivity contribution is 6.12. The molecule has 0 bridgehead atoms. The van der Waals surface area contributed by atoms with E-state index in [0.29, 0.717) is 17.5 Å². The molecule has 0 radical (unpaired) electrons. The third kappa shape index (κ3) is 6.16. The molecule has 10 rings (SSSR count). The highest BCUT2D eigenvalue weighted by atomic mass is 16.3. The van der Waals surface area contributed by atoms with Crippen LogP contribution in [0.2, 0.25) is 0 Å². The first-order chi connectivity index (χ1) is 27.2. The van der Waals surface area contributed by atoms with Crippen molar-refractivity contribution in [2.24, 2.45) is 0 Å². The second kappa shape index (κ2) is 13.8. The van der Waals surface area contributed by atoms with Gasteiger partial charge in [-0.15, -0.1) is 0 Å². The molecular weight excluding hydrogens is 671 g/mol. The van der Waals surface area contributed by atoms with Crippen molar-refractivity contribution >= 4 is 21.9 Å². The van der Waals surface area contributed by atoms with Gasteiger partial charge in [0.2, 0.25) is 0 Å². The van der Waals surface area contributed by atoms with Crippen LogP contribution >= 0.6 is 0 Å². The number of benzene rings is 8. The smallest absolute Gasteiger partial charge is 0.164 e. The van der Waals surface area contributed by atoms with Crippen LogP contribution in [0.5, 0.6) is 0 Å². The van der Waals surface area contributed by atoms with Crippen LogP contribution in [0.15, 0.2) is 205 Å². The second-order valence-electron chi connectivity index (χ2n) is 13.6. The SMILES string of the molecule is c1ccc(-c2nc(-c3ccc(-c4cccc(-c5ccccc5-c5ccccc5)c4)cc3)nc(-c3cccc(-c4cccc5oc6ccccc6c45)c3)n2)cc1. The third-order valence-corrected chi connectivity index (χ3v) is 10.2. The van der Waals surface area contributed by atoms with Gasteiger partial charge in [-0.25, -0.2) is 15.0 Å². The van der Waals surface area contributed by atoms with Crippen LogP contribution in [0.4, 0.5) is 0 Å². The van der Waals surface area contributed by atoms with Crippen LogP contribution in [0, 0.1) is 0 Å². The molecule has 8 aromatic carbocycles. The van der Waals surface area contributed by atoms with Crippen LogP contribution in [-0.4, -0.2) is 15.0 Å². The highest BCUT2D eigenvalue weighted by Crippen LogP contribution is 2.38. The molecule has 0 saturated heterocycles. The molecule has 0 N–H and O–H groups in total. The molecule has 0 unspecified atom stereocenters. The van der Waals surface area contributed by atoms with Gasteiger partial charge in [-0.1, -0.05) is 176 Å². The number of hydrogen-bond acceptors (Lipinski definition) is 4. The molecule has 55 heavy (non-hydrogen) atoms. The summed E-state index contributed by atoms with van der Waals surface area (Å²) in [7, 11) is 0. The fraction of sp³-hybridized carbons (Fsp3) is 0. The summed E-state index contributed by atoms with van der Waals surface area (Å²) in [5.74, 6) is 1.86. The Kier molecular flexibility index (Phi) is 8.12. The Morgan fingerprint density at radius 3 is 1.44 bits per heavy atom. The van der Waals surface area contributed by atoms with Gasteiger partial charge in [-0.3, -0.25) is 0 Å². The summed E-state index contributed by atoms with van der Waals surface area (Å²) in [5.41, 5.74) is 13.7. The van der Waals surface area contributed by atoms with Crippen LogP contribution in [-0.2, 0) is 0 Å². The van der Waals surface area contributed by atoms with Crippen LogP contribution < -0.4 is 0 Å². The second-order valence-corrected chi connectivity index (χ2v) is 13.6. The lowest BCUT2D eigenvalue weighted by atomic mass is 9.92. The Hall–Kier alpha value is -7.43. The first kappa shape index (κ1) is 32.2. The summed E-state index contributed by atoms with van der Waals surface area (Å²) in [6, 6.07) is 69.4. The van der Waals surface area contributed by atoms with Crippen molar-refractivity contribution < 1.29 is 4.42 Å². The molecule has 0 atom stereocenters. The molecule has 0 spiro atoms. The fourth-order valence-corrected chi connectivity index (χ4v) is 7.47. The Morgan fingerprint density at radius 1 is 0.273 bits per heavy atom. The molecule has 4 heteroatoms. The van der Waals surface area contributed by atoms with Gasteiger partial charge in [0.05, 0.1) is 0 Å². The lowest BCUT2D eigenvalue weighted by Crippen LogP contribution is -2.00. The summed E-state index contributed by atoms with van der Waals surface area (Å²) in [4.78, 5) is 15.1. The topological polar surface area (TPSA) is 51.8 Å². The molecule has 0 aliphatic rings. The Bertz CT molecular complexity index is 2970. The summed E-state index contributed by atoms with van der Waals surface area (Å²) in [6.45, 7) is 0. The zero-order valence-electron chi connectivity index (χ0n) is 29.8. The van der Waals surface area contributed by atoms with Gasteiger partial charge in [0, 0.05) is 27.5 Å². The summed E-state index contributed by atoms with van der Waals surface area (Å²) in [6.07, 6.45) is 0. The normalized spacial score (nSPS) is 11.3. The van der Waals surface area contributed by atoms with Gasteiger partial charge in [0.1, 0.15) is 11.2 Å². The Labute approximate surface area is 319 Å². The van der Waals surface area contributed by atoms with Crippen molar-refractivity contribution in [2.45, 2.75) is 0 Å². The number of hydrogen-bond donors (Lipinski definition) is 0. The van der Waals surface area contributed by atoms with Gasteiger partial charge >= 0.3 is 0 Å². The van der Waals surface area contributed by atoms with Gasteiger partial charge in [-0.05, 0) is 68.8 Å². The number of aromatic nitrogens is 3. The van der Waals surface area contributed by atoms with E-state index in [9.17, 15) is 0 Å². The minimum absolute atomic E-state index is 0.615. The van der Waals surface area contributed by atoms with Gasteiger partial charge in [0.25, 0.3) is 0 Å². The zero-order chi connectivity index (χ0) is 36.6. The molecule has 258 valence electrons. The quantitative estimate of drug-likeness (QED) is 0.166. The van der Waals surface area contributed by atoms with Crippen LogP contribution in [0.3, 0.4) is 0 Å². The molecule has 0 amide bonds. The maximum Gasteiger partial charge on any atom is 0.164 e. The predicted octanol–water partition coefficient (Wildman–Crippen LogP) is 13.4. The van der Waals surface area contributed by atoms with E-state index in [4.69, 9.17) is 19.4 Å². The van der Waals surface area contributed by atoms with Gasteiger partial charge in [0.15, 0.2) is 17.5 Å². The zero-order valence-corrected chi connectivity index (χ0v) is 29.8. The van der Waals surface area contributed by atoms with Gasteiger partial charge in [-0.2, -0.15) is 0 Å². The van der Waals surface area contributed by atoms with Crippen molar-refractivity contribution in [3.63, 3.8) is 0 Å². The predicted molar refractivity (Wildman–Crippen MR) is 225 cm³/mol. The number of furan rings is 1. The standard InChI is InChI=1S/C51H33N3O/c1-3-14-35(15-4-1)42-22-7-8-23-43(42)39-19-11-18-38(32-39)34-28-30-37(31-29-34)50-52-49(36-16-5-2-6-17-36)53-51(54-50)41-21-12-20-40(33-41)44-25-13-27-47-48(44)45-24-9-10-26-46(45)55-47/h1-33H. The maximum absolute atomic E-state index is 6.21. The molecule has 2 heterocycles. The summed E-state index contributed by atoms with van der Waals surface area (Å²) >= 11 is 0. The average Bonchev–Trinajstić information content (AvgIpc) is 3.66. The van der Waals surface area contributed by atoms with Crippen molar-refractivity contribution in [3.05, 3.63) is 200 Å². The Morgan fingerprint density at radius 2 is 0.709 bits per heavy atom. The lowest BCUT2D eigenvalue weighted by molar-refractivity contribution is 0.669. The molecular formula is C51H33N3O. The van der Waals surface area contributed by atoms with E-state index in [1.807, 2.05) is 54.6 Å². The fourth-order valence-electron chi connectivity index (χ4n) is 7.47. The van der Waals surface area contributed by atoms with E-state index < -0.39 is 0 Å².